The summed E-state index contributed by atoms with van der Waals surface area (Å²) >= 11 is 0. The van der Waals surface area contributed by atoms with E-state index >= 15 is 0 Å². The van der Waals surface area contributed by atoms with Gasteiger partial charge >= 0.3 is 0 Å². The number of rotatable bonds is 10. The number of aryl methyl sites for hydroxylation is 1. The molecule has 0 bridgehead atoms. The van der Waals surface area contributed by atoms with Crippen LogP contribution in [0.15, 0.2) is 125 Å². The summed E-state index contributed by atoms with van der Waals surface area (Å²) in [7, 11) is -7.22. The summed E-state index contributed by atoms with van der Waals surface area (Å²) in [6.07, 6.45) is 12.1. The molecule has 3 aromatic carbocycles. The number of carbonyl (C=O) groups excluding carboxylic acids is 2. The number of piperidine rings is 2. The Bertz CT molecular complexity index is 3560. The van der Waals surface area contributed by atoms with Crippen molar-refractivity contribution in [1.82, 2.24) is 38.9 Å². The number of likely N-dealkylation sites (tertiary alicyclic amines) is 2. The molecule has 11 rings (SSSR count). The Kier molecular flexibility index (Phi) is 13.5. The van der Waals surface area contributed by atoms with E-state index in [1.165, 1.54) is 0 Å². The number of sulfonamides is 2. The Morgan fingerprint density at radius 3 is 1.67 bits per heavy atom. The molecule has 4 aliphatic heterocycles. The summed E-state index contributed by atoms with van der Waals surface area (Å²) in [6.45, 7) is 5.10. The van der Waals surface area contributed by atoms with Gasteiger partial charge in [0, 0.05) is 73.9 Å². The number of hydrogen-bond acceptors (Lipinski definition) is 14. The van der Waals surface area contributed by atoms with Crippen LogP contribution in [0.25, 0.3) is 22.7 Å². The molecule has 2 saturated heterocycles. The zero-order valence-corrected chi connectivity index (χ0v) is 41.5. The van der Waals surface area contributed by atoms with E-state index in [9.17, 15) is 26.4 Å². The number of benzene rings is 3. The van der Waals surface area contributed by atoms with Crippen LogP contribution in [0.2, 0.25) is 0 Å². The Hall–Kier alpha value is -7.98. The fourth-order valence-corrected chi connectivity index (χ4v) is 11.9. The molecule has 0 saturated carbocycles. The maximum absolute atomic E-state index is 13.4. The second kappa shape index (κ2) is 20.3. The van der Waals surface area contributed by atoms with E-state index in [1.54, 1.807) is 85.6 Å². The lowest BCUT2D eigenvalue weighted by atomic mass is 9.98. The second-order valence-electron chi connectivity index (χ2n) is 18.4. The number of pyridine rings is 2. The molecule has 8 heterocycles. The molecule has 0 unspecified atom stereocenters. The van der Waals surface area contributed by atoms with Crippen molar-refractivity contribution in [3.8, 4) is 23.1 Å². The number of nitrogens with two attached hydrogens (primary N) is 2. The van der Waals surface area contributed by atoms with Crippen LogP contribution in [0.3, 0.4) is 0 Å². The molecule has 22 heteroatoms. The fraction of sp³-hybridized carbons (Fsp3) is 0.294. The van der Waals surface area contributed by atoms with Gasteiger partial charge in [0.15, 0.2) is 0 Å². The number of ether oxygens (including phenoxy) is 2. The number of nitrogens with zero attached hydrogens (tertiary/aromatic N) is 10. The zero-order valence-electron chi connectivity index (χ0n) is 39.8. The van der Waals surface area contributed by atoms with Gasteiger partial charge in [-0.15, -0.1) is 8.80 Å². The van der Waals surface area contributed by atoms with E-state index in [2.05, 4.69) is 28.7 Å². The monoisotopic (exact) mass is 1020 g/mol. The van der Waals surface area contributed by atoms with Gasteiger partial charge in [-0.1, -0.05) is 36.4 Å². The van der Waals surface area contributed by atoms with Gasteiger partial charge in [0.05, 0.1) is 46.9 Å². The van der Waals surface area contributed by atoms with Gasteiger partial charge < -0.3 is 30.7 Å². The van der Waals surface area contributed by atoms with Crippen LogP contribution in [0, 0.1) is 18.8 Å². The number of imidazole rings is 2. The van der Waals surface area contributed by atoms with Crippen molar-refractivity contribution in [3.63, 3.8) is 0 Å². The van der Waals surface area contributed by atoms with Crippen molar-refractivity contribution in [2.75, 3.05) is 39.4 Å². The summed E-state index contributed by atoms with van der Waals surface area (Å²) in [5.74, 6) is 2.75. The van der Waals surface area contributed by atoms with E-state index in [1.807, 2.05) is 56.3 Å². The average Bonchev–Trinajstić information content (AvgIpc) is 4.03. The minimum atomic E-state index is -3.62. The molecule has 2 fully saturated rings. The van der Waals surface area contributed by atoms with Crippen LogP contribution in [-0.2, 0) is 31.6 Å². The van der Waals surface area contributed by atoms with E-state index in [4.69, 9.17) is 20.9 Å². The van der Waals surface area contributed by atoms with E-state index in [0.29, 0.717) is 95.9 Å². The summed E-state index contributed by atoms with van der Waals surface area (Å²) in [5.41, 5.74) is 17.1. The molecule has 2 atom stereocenters. The summed E-state index contributed by atoms with van der Waals surface area (Å²) in [4.78, 5) is 47.9. The van der Waals surface area contributed by atoms with E-state index < -0.39 is 20.0 Å². The van der Waals surface area contributed by atoms with Crippen LogP contribution >= 0.6 is 0 Å². The molecular formula is C51H52N12O8S2. The number of fused-ring (bicyclic) bond motifs is 3. The lowest BCUT2D eigenvalue weighted by molar-refractivity contribution is 0.0626. The Balaban J connectivity index is 0.000000168. The predicted octanol–water partition coefficient (Wildman–Crippen LogP) is 4.96. The van der Waals surface area contributed by atoms with Crippen LogP contribution in [0.5, 0.6) is 11.5 Å². The minimum absolute atomic E-state index is 0.0465. The SMILES string of the molecule is Cc1nccn1-c1cc(C(=O)N2CCC[C@H](COc3cccc4c3C(N)=NS(=O)(=O)C4)C2)ccn1.NC1=NS(=O)(=O)Cc2cccc(OC[C@H]3CCCN(C(=O)c4ccnc(-n5cnc6ccccc65)c4)C3)c21. The van der Waals surface area contributed by atoms with Crippen molar-refractivity contribution >= 4 is 54.6 Å². The number of amidine groups is 2. The largest absolute Gasteiger partial charge is 0.492 e. The topological polar surface area (TPSA) is 266 Å². The average molecular weight is 1030 g/mol. The van der Waals surface area contributed by atoms with Gasteiger partial charge in [0.25, 0.3) is 31.9 Å². The smallest absolute Gasteiger partial charge is 0.259 e. The molecule has 4 aromatic heterocycles. The van der Waals surface area contributed by atoms with Gasteiger partial charge in [0.2, 0.25) is 0 Å². The number of para-hydroxylation sites is 2. The molecule has 0 spiro atoms. The number of amides is 2. The molecular weight excluding hydrogens is 973 g/mol. The van der Waals surface area contributed by atoms with Crippen molar-refractivity contribution in [2.45, 2.75) is 44.1 Å². The van der Waals surface area contributed by atoms with E-state index in [0.717, 1.165) is 42.5 Å². The molecule has 0 aliphatic carbocycles. The third-order valence-corrected chi connectivity index (χ3v) is 15.5. The Morgan fingerprint density at radius 1 is 0.630 bits per heavy atom. The lowest BCUT2D eigenvalue weighted by Crippen LogP contribution is -2.41. The van der Waals surface area contributed by atoms with Crippen molar-refractivity contribution in [1.29, 1.82) is 0 Å². The maximum atomic E-state index is 13.4. The minimum Gasteiger partial charge on any atom is -0.492 e. The first-order valence-corrected chi connectivity index (χ1v) is 27.0. The number of hydrogen-bond donors (Lipinski definition) is 2. The van der Waals surface area contributed by atoms with E-state index in [-0.39, 0.29) is 46.8 Å². The highest BCUT2D eigenvalue weighted by Gasteiger charge is 2.30. The van der Waals surface area contributed by atoms with Gasteiger partial charge in [-0.05, 0) is 92.3 Å². The van der Waals surface area contributed by atoms with Gasteiger partial charge in [-0.3, -0.25) is 18.7 Å². The molecule has 4 aliphatic rings. The van der Waals surface area contributed by atoms with Crippen LogP contribution in [0.1, 0.15) is 74.5 Å². The first-order chi connectivity index (χ1) is 35.2. The third-order valence-electron chi connectivity index (χ3n) is 13.2. The molecule has 376 valence electrons. The van der Waals surface area contributed by atoms with Crippen molar-refractivity contribution in [2.24, 2.45) is 32.1 Å². The predicted molar refractivity (Wildman–Crippen MR) is 273 cm³/mol. The molecule has 2 amide bonds. The molecule has 20 nitrogen and oxygen atoms in total. The first kappa shape index (κ1) is 48.6. The highest BCUT2D eigenvalue weighted by Crippen LogP contribution is 2.32. The van der Waals surface area contributed by atoms with Crippen LogP contribution in [0.4, 0.5) is 0 Å². The lowest BCUT2D eigenvalue weighted by Gasteiger charge is -2.33. The van der Waals surface area contributed by atoms with Gasteiger partial charge in [0.1, 0.15) is 47.0 Å². The standard InChI is InChI=1S/C27H26N6O4S.C24H26N6O4S/c28-26-25-20(16-38(35,36)31-26)6-3-9-23(25)37-15-18-5-4-12-32(14-18)27(34)19-10-11-29-24(13-19)33-17-30-21-7-1-2-8-22(21)33;1-16-26-9-11-30(16)21-12-18(7-8-27-21)24(31)29-10-3-4-17(13-29)14-34-20-6-2-5-19-15-35(32,33)28-23(25)22(19)20/h1-3,6-11,13,17-18H,4-5,12,14-16H2,(H2,28,31);2,5-9,11-12,17H,3-4,10,13-15H2,1H3,(H2,25,28)/t18-;17-/m00/s1. The zero-order chi connectivity index (χ0) is 50.9. The second-order valence-corrected chi connectivity index (χ2v) is 21.7. The third kappa shape index (κ3) is 10.7. The fourth-order valence-electron chi connectivity index (χ4n) is 9.74. The Labute approximate surface area is 421 Å². The van der Waals surface area contributed by atoms with Crippen LogP contribution in [-0.4, -0.2) is 119 Å². The molecule has 7 aromatic rings. The molecule has 4 N–H and O–H groups in total. The number of aromatic nitrogens is 6. The van der Waals surface area contributed by atoms with Gasteiger partial charge in [-0.25, -0.2) is 36.8 Å². The highest BCUT2D eigenvalue weighted by atomic mass is 32.2. The first-order valence-electron chi connectivity index (χ1n) is 23.8. The quantitative estimate of drug-likeness (QED) is 0.184. The van der Waals surface area contributed by atoms with Gasteiger partial charge in [-0.2, -0.15) is 0 Å². The summed E-state index contributed by atoms with van der Waals surface area (Å²) < 4.78 is 70.9. The van der Waals surface area contributed by atoms with Crippen molar-refractivity contribution < 1.29 is 35.9 Å². The molecule has 73 heavy (non-hydrogen) atoms. The number of carbonyl (C=O) groups is 2. The maximum Gasteiger partial charge on any atom is 0.259 e. The highest BCUT2D eigenvalue weighted by molar-refractivity contribution is 7.89. The van der Waals surface area contributed by atoms with Crippen LogP contribution < -0.4 is 20.9 Å². The molecule has 0 radical (unpaired) electrons. The summed E-state index contributed by atoms with van der Waals surface area (Å²) in [5, 5.41) is 0. The Morgan fingerprint density at radius 2 is 1.15 bits per heavy atom. The normalized spacial score (nSPS) is 18.8. The summed E-state index contributed by atoms with van der Waals surface area (Å²) in [6, 6.07) is 25.3. The van der Waals surface area contributed by atoms with Crippen molar-refractivity contribution in [3.05, 3.63) is 155 Å².